The zero-order chi connectivity index (χ0) is 13.6. The molecule has 0 atom stereocenters. The Bertz CT molecular complexity index is 508. The highest BCUT2D eigenvalue weighted by atomic mass is 19.4. The van der Waals surface area contributed by atoms with Gasteiger partial charge in [0.15, 0.2) is 5.58 Å². The van der Waals surface area contributed by atoms with Gasteiger partial charge in [-0.1, -0.05) is 0 Å². The molecule has 2 aromatic rings. The molecule has 0 aliphatic heterocycles. The molecule has 0 fully saturated rings. The fourth-order valence-electron chi connectivity index (χ4n) is 1.56. The highest BCUT2D eigenvalue weighted by molar-refractivity contribution is 5.76. The standard InChI is InChI=1S/C10H5F6NO/c11-9(12,13)8(10(14,15)16)6-3-5-1-2-17-4-7(5)18-6/h1-4,8H. The largest absolute Gasteiger partial charge is 0.458 e. The van der Waals surface area contributed by atoms with Crippen LogP contribution in [0.4, 0.5) is 26.3 Å². The van der Waals surface area contributed by atoms with E-state index in [0.717, 1.165) is 12.3 Å². The molecule has 0 saturated heterocycles. The molecule has 18 heavy (non-hydrogen) atoms. The molecular formula is C10H5F6NO. The molecule has 0 saturated carbocycles. The molecule has 0 aliphatic rings. The van der Waals surface area contributed by atoms with Crippen molar-refractivity contribution in [3.8, 4) is 0 Å². The van der Waals surface area contributed by atoms with Gasteiger partial charge in [-0.25, -0.2) is 0 Å². The van der Waals surface area contributed by atoms with Gasteiger partial charge < -0.3 is 4.42 Å². The average molecular weight is 269 g/mol. The Labute approximate surface area is 96.2 Å². The van der Waals surface area contributed by atoms with Crippen LogP contribution in [0.3, 0.4) is 0 Å². The molecule has 0 aromatic carbocycles. The fraction of sp³-hybridized carbons (Fsp3) is 0.300. The minimum atomic E-state index is -5.46. The van der Waals surface area contributed by atoms with E-state index in [1.54, 1.807) is 0 Å². The molecule has 2 nitrogen and oxygen atoms in total. The van der Waals surface area contributed by atoms with Crippen LogP contribution in [0, 0.1) is 0 Å². The number of fused-ring (bicyclic) bond motifs is 1. The minimum absolute atomic E-state index is 0.119. The number of rotatable bonds is 1. The van der Waals surface area contributed by atoms with Gasteiger partial charge in [-0.05, 0) is 12.1 Å². The molecule has 0 N–H and O–H groups in total. The highest BCUT2D eigenvalue weighted by Crippen LogP contribution is 2.47. The molecule has 98 valence electrons. The average Bonchev–Trinajstić information content (AvgIpc) is 2.54. The summed E-state index contributed by atoms with van der Waals surface area (Å²) >= 11 is 0. The maximum atomic E-state index is 12.4. The normalized spacial score (nSPS) is 13.5. The monoisotopic (exact) mass is 269 g/mol. The number of alkyl halides is 6. The van der Waals surface area contributed by atoms with Crippen LogP contribution >= 0.6 is 0 Å². The number of aromatic nitrogens is 1. The Morgan fingerprint density at radius 2 is 1.67 bits per heavy atom. The predicted molar refractivity (Wildman–Crippen MR) is 48.9 cm³/mol. The van der Waals surface area contributed by atoms with Crippen molar-refractivity contribution in [1.29, 1.82) is 0 Å². The SMILES string of the molecule is FC(F)(F)C(c1cc2ccncc2o1)C(F)(F)F. The Balaban J connectivity index is 2.55. The first-order valence-corrected chi connectivity index (χ1v) is 4.66. The van der Waals surface area contributed by atoms with E-state index in [-0.39, 0.29) is 11.0 Å². The number of pyridine rings is 1. The molecular weight excluding hydrogens is 264 g/mol. The number of hydrogen-bond donors (Lipinski definition) is 0. The summed E-state index contributed by atoms with van der Waals surface area (Å²) in [7, 11) is 0. The summed E-state index contributed by atoms with van der Waals surface area (Å²) < 4.78 is 79.2. The molecule has 8 heteroatoms. The summed E-state index contributed by atoms with van der Waals surface area (Å²) in [6.45, 7) is 0. The van der Waals surface area contributed by atoms with E-state index in [1.807, 2.05) is 0 Å². The van der Waals surface area contributed by atoms with Crippen molar-refractivity contribution in [3.63, 3.8) is 0 Å². The van der Waals surface area contributed by atoms with Crippen LogP contribution in [-0.2, 0) is 0 Å². The molecule has 0 amide bonds. The van der Waals surface area contributed by atoms with Crippen LogP contribution in [-0.4, -0.2) is 17.3 Å². The van der Waals surface area contributed by atoms with Crippen LogP contribution in [0.2, 0.25) is 0 Å². The van der Waals surface area contributed by atoms with Crippen molar-refractivity contribution in [1.82, 2.24) is 4.98 Å². The van der Waals surface area contributed by atoms with E-state index in [1.165, 1.54) is 12.3 Å². The second-order valence-corrected chi connectivity index (χ2v) is 3.58. The first-order valence-electron chi connectivity index (χ1n) is 4.66. The van der Waals surface area contributed by atoms with Crippen LogP contribution < -0.4 is 0 Å². The van der Waals surface area contributed by atoms with E-state index >= 15 is 0 Å². The Morgan fingerprint density at radius 1 is 1.06 bits per heavy atom. The number of furan rings is 1. The third kappa shape index (κ3) is 2.27. The van der Waals surface area contributed by atoms with Crippen LogP contribution in [0.25, 0.3) is 11.0 Å². The fourth-order valence-corrected chi connectivity index (χ4v) is 1.56. The molecule has 2 rings (SSSR count). The summed E-state index contributed by atoms with van der Waals surface area (Å²) in [5, 5.41) is 0.137. The lowest BCUT2D eigenvalue weighted by molar-refractivity contribution is -0.257. The Hall–Kier alpha value is -1.73. The van der Waals surface area contributed by atoms with Gasteiger partial charge in [0.05, 0.1) is 6.20 Å². The van der Waals surface area contributed by atoms with Crippen molar-refractivity contribution < 1.29 is 30.8 Å². The van der Waals surface area contributed by atoms with Gasteiger partial charge in [-0.2, -0.15) is 26.3 Å². The molecule has 0 bridgehead atoms. The van der Waals surface area contributed by atoms with Crippen LogP contribution in [0.1, 0.15) is 11.7 Å². The van der Waals surface area contributed by atoms with Gasteiger partial charge in [0.1, 0.15) is 5.76 Å². The first-order chi connectivity index (χ1) is 8.19. The number of halogens is 6. The van der Waals surface area contributed by atoms with Crippen molar-refractivity contribution in [2.75, 3.05) is 0 Å². The third-order valence-electron chi connectivity index (χ3n) is 2.28. The first kappa shape index (κ1) is 12.7. The quantitative estimate of drug-likeness (QED) is 0.730. The van der Waals surface area contributed by atoms with Crippen molar-refractivity contribution in [3.05, 3.63) is 30.3 Å². The molecule has 0 spiro atoms. The Morgan fingerprint density at radius 3 is 2.17 bits per heavy atom. The molecule has 2 aromatic heterocycles. The van der Waals surface area contributed by atoms with Crippen LogP contribution in [0.15, 0.2) is 28.9 Å². The smallest absolute Gasteiger partial charge is 0.407 e. The number of nitrogens with zero attached hydrogens (tertiary/aromatic N) is 1. The maximum Gasteiger partial charge on any atom is 0.407 e. The van der Waals surface area contributed by atoms with Crippen molar-refractivity contribution in [2.24, 2.45) is 0 Å². The predicted octanol–water partition coefficient (Wildman–Crippen LogP) is 4.04. The third-order valence-corrected chi connectivity index (χ3v) is 2.28. The Kier molecular flexibility index (Phi) is 2.75. The second-order valence-electron chi connectivity index (χ2n) is 3.58. The molecule has 0 radical (unpaired) electrons. The van der Waals surface area contributed by atoms with E-state index in [4.69, 9.17) is 0 Å². The zero-order valence-electron chi connectivity index (χ0n) is 8.51. The highest BCUT2D eigenvalue weighted by Gasteiger charge is 2.59. The maximum absolute atomic E-state index is 12.4. The lowest BCUT2D eigenvalue weighted by Crippen LogP contribution is -2.33. The summed E-state index contributed by atoms with van der Waals surface area (Å²) in [6.07, 6.45) is -8.61. The van der Waals surface area contributed by atoms with Gasteiger partial charge >= 0.3 is 12.4 Å². The van der Waals surface area contributed by atoms with Crippen LogP contribution in [0.5, 0.6) is 0 Å². The van der Waals surface area contributed by atoms with Gasteiger partial charge in [0.25, 0.3) is 0 Å². The molecule has 0 aliphatic carbocycles. The van der Waals surface area contributed by atoms with Crippen molar-refractivity contribution >= 4 is 11.0 Å². The van der Waals surface area contributed by atoms with Crippen molar-refractivity contribution in [2.45, 2.75) is 18.3 Å². The lowest BCUT2D eigenvalue weighted by Gasteiger charge is -2.20. The molecule has 0 unspecified atom stereocenters. The van der Waals surface area contributed by atoms with Gasteiger partial charge in [-0.3, -0.25) is 4.98 Å². The van der Waals surface area contributed by atoms with E-state index < -0.39 is 24.0 Å². The van der Waals surface area contributed by atoms with Gasteiger partial charge in [-0.15, -0.1) is 0 Å². The zero-order valence-corrected chi connectivity index (χ0v) is 8.51. The van der Waals surface area contributed by atoms with E-state index in [9.17, 15) is 26.3 Å². The lowest BCUT2D eigenvalue weighted by atomic mass is 10.1. The number of hydrogen-bond acceptors (Lipinski definition) is 2. The van der Waals surface area contributed by atoms with E-state index in [0.29, 0.717) is 0 Å². The van der Waals surface area contributed by atoms with E-state index in [2.05, 4.69) is 9.40 Å². The summed E-state index contributed by atoms with van der Waals surface area (Å²) in [6, 6.07) is 1.99. The summed E-state index contributed by atoms with van der Waals surface area (Å²) in [5.74, 6) is -4.81. The summed E-state index contributed by atoms with van der Waals surface area (Å²) in [5.41, 5.74) is -0.119. The molecule has 2 heterocycles. The minimum Gasteiger partial charge on any atom is -0.458 e. The van der Waals surface area contributed by atoms with Gasteiger partial charge in [0, 0.05) is 11.6 Å². The topological polar surface area (TPSA) is 26.0 Å². The van der Waals surface area contributed by atoms with Gasteiger partial charge in [0.2, 0.25) is 5.92 Å². The second kappa shape index (κ2) is 3.89. The summed E-state index contributed by atoms with van der Waals surface area (Å²) in [4.78, 5) is 3.55.